The molecule has 0 bridgehead atoms. The second-order valence-electron chi connectivity index (χ2n) is 5.72. The number of aromatic nitrogens is 1. The number of nitrogens with one attached hydrogen (secondary N) is 1. The molecule has 0 fully saturated rings. The van der Waals surface area contributed by atoms with Gasteiger partial charge in [-0.1, -0.05) is 48.0 Å². The average Bonchev–Trinajstić information content (AvgIpc) is 2.77. The van der Waals surface area contributed by atoms with Crippen molar-refractivity contribution in [2.24, 2.45) is 7.05 Å². The normalized spacial score (nSPS) is 10.9. The van der Waals surface area contributed by atoms with E-state index in [4.69, 9.17) is 0 Å². The second-order valence-corrected chi connectivity index (χ2v) is 5.72. The van der Waals surface area contributed by atoms with Crippen molar-refractivity contribution in [3.8, 4) is 0 Å². The maximum Gasteiger partial charge on any atom is 0.268 e. The predicted molar refractivity (Wildman–Crippen MR) is 90.0 cm³/mol. The monoisotopic (exact) mass is 292 g/mol. The first-order valence-electron chi connectivity index (χ1n) is 7.45. The third kappa shape index (κ3) is 2.50. The Morgan fingerprint density at radius 2 is 1.86 bits per heavy atom. The van der Waals surface area contributed by atoms with E-state index >= 15 is 0 Å². The summed E-state index contributed by atoms with van der Waals surface area (Å²) in [7, 11) is 1.94. The van der Waals surface area contributed by atoms with Gasteiger partial charge in [0.25, 0.3) is 5.91 Å². The smallest absolute Gasteiger partial charge is 0.268 e. The van der Waals surface area contributed by atoms with Gasteiger partial charge in [-0.25, -0.2) is 0 Å². The lowest BCUT2D eigenvalue weighted by Gasteiger charge is -2.08. The Morgan fingerprint density at radius 3 is 2.59 bits per heavy atom. The average molecular weight is 292 g/mol. The molecular weight excluding hydrogens is 272 g/mol. The summed E-state index contributed by atoms with van der Waals surface area (Å²) in [6.45, 7) is 4.60. The Hall–Kier alpha value is -2.55. The Kier molecular flexibility index (Phi) is 3.72. The highest BCUT2D eigenvalue weighted by Gasteiger charge is 2.17. The van der Waals surface area contributed by atoms with Gasteiger partial charge in [0.1, 0.15) is 5.69 Å². The molecule has 0 saturated heterocycles. The van der Waals surface area contributed by atoms with E-state index in [9.17, 15) is 4.79 Å². The number of nitrogens with zero attached hydrogens (tertiary/aromatic N) is 1. The van der Waals surface area contributed by atoms with Crippen molar-refractivity contribution in [2.75, 3.05) is 0 Å². The summed E-state index contributed by atoms with van der Waals surface area (Å²) in [5, 5.41) is 4.16. The number of aryl methyl sites for hydroxylation is 3. The minimum atomic E-state index is -0.0299. The van der Waals surface area contributed by atoms with E-state index in [0.717, 1.165) is 27.7 Å². The van der Waals surface area contributed by atoms with Crippen molar-refractivity contribution in [2.45, 2.75) is 20.4 Å². The van der Waals surface area contributed by atoms with Gasteiger partial charge >= 0.3 is 0 Å². The maximum atomic E-state index is 12.6. The van der Waals surface area contributed by atoms with Crippen molar-refractivity contribution >= 4 is 16.8 Å². The molecule has 0 aliphatic carbocycles. The largest absolute Gasteiger partial charge is 0.347 e. The van der Waals surface area contributed by atoms with Gasteiger partial charge in [-0.05, 0) is 31.0 Å². The van der Waals surface area contributed by atoms with Crippen LogP contribution >= 0.6 is 0 Å². The number of para-hydroxylation sites is 1. The van der Waals surface area contributed by atoms with E-state index in [-0.39, 0.29) is 5.91 Å². The van der Waals surface area contributed by atoms with E-state index in [0.29, 0.717) is 6.54 Å². The van der Waals surface area contributed by atoms with Crippen LogP contribution in [0.4, 0.5) is 0 Å². The van der Waals surface area contributed by atoms with Gasteiger partial charge in [0.05, 0.1) is 0 Å². The quantitative estimate of drug-likeness (QED) is 0.784. The molecule has 0 unspecified atom stereocenters. The van der Waals surface area contributed by atoms with Crippen molar-refractivity contribution in [3.05, 3.63) is 70.9 Å². The minimum Gasteiger partial charge on any atom is -0.347 e. The molecule has 22 heavy (non-hydrogen) atoms. The highest BCUT2D eigenvalue weighted by molar-refractivity contribution is 6.01. The molecular formula is C19H20N2O. The third-order valence-corrected chi connectivity index (χ3v) is 4.11. The van der Waals surface area contributed by atoms with Crippen LogP contribution < -0.4 is 5.32 Å². The lowest BCUT2D eigenvalue weighted by Crippen LogP contribution is -2.25. The molecule has 0 atom stereocenters. The molecule has 1 N–H and O–H groups in total. The maximum absolute atomic E-state index is 12.6. The minimum absolute atomic E-state index is 0.0299. The van der Waals surface area contributed by atoms with Gasteiger partial charge in [-0.3, -0.25) is 4.79 Å². The predicted octanol–water partition coefficient (Wildman–Crippen LogP) is 3.73. The lowest BCUT2D eigenvalue weighted by molar-refractivity contribution is 0.0942. The van der Waals surface area contributed by atoms with Crippen molar-refractivity contribution in [1.29, 1.82) is 0 Å². The van der Waals surface area contributed by atoms with Crippen molar-refractivity contribution in [3.63, 3.8) is 0 Å². The number of rotatable bonds is 3. The number of amides is 1. The second kappa shape index (κ2) is 5.68. The van der Waals surface area contributed by atoms with Crippen LogP contribution in [0.15, 0.2) is 48.5 Å². The van der Waals surface area contributed by atoms with Gasteiger partial charge < -0.3 is 9.88 Å². The summed E-state index contributed by atoms with van der Waals surface area (Å²) >= 11 is 0. The molecule has 3 heteroatoms. The Labute approximate surface area is 130 Å². The summed E-state index contributed by atoms with van der Waals surface area (Å²) < 4.78 is 1.97. The summed E-state index contributed by atoms with van der Waals surface area (Å²) in [6.07, 6.45) is 0. The van der Waals surface area contributed by atoms with Crippen LogP contribution in [0.5, 0.6) is 0 Å². The topological polar surface area (TPSA) is 34.0 Å². The zero-order valence-electron chi connectivity index (χ0n) is 13.2. The summed E-state index contributed by atoms with van der Waals surface area (Å²) in [6, 6.07) is 16.3. The molecule has 2 aromatic carbocycles. The number of hydrogen-bond donors (Lipinski definition) is 1. The highest BCUT2D eigenvalue weighted by atomic mass is 16.1. The van der Waals surface area contributed by atoms with E-state index in [1.807, 2.05) is 48.9 Å². The van der Waals surface area contributed by atoms with Gasteiger partial charge in [0, 0.05) is 24.5 Å². The molecule has 112 valence electrons. The number of benzene rings is 2. The number of fused-ring (bicyclic) bond motifs is 1. The van der Waals surface area contributed by atoms with Gasteiger partial charge in [0.2, 0.25) is 0 Å². The molecule has 3 nitrogen and oxygen atoms in total. The number of hydrogen-bond acceptors (Lipinski definition) is 1. The molecule has 1 aromatic heterocycles. The molecule has 0 radical (unpaired) electrons. The standard InChI is InChI=1S/C19H20N2O/c1-13-7-6-8-15(11-13)12-20-19(22)18-14(2)16-9-4-5-10-17(16)21(18)3/h4-11H,12H2,1-3H3,(H,20,22). The highest BCUT2D eigenvalue weighted by Crippen LogP contribution is 2.24. The van der Waals surface area contributed by atoms with Crippen LogP contribution in [0.1, 0.15) is 27.2 Å². The van der Waals surface area contributed by atoms with Gasteiger partial charge in [-0.2, -0.15) is 0 Å². The summed E-state index contributed by atoms with van der Waals surface area (Å²) in [5.74, 6) is -0.0299. The van der Waals surface area contributed by atoms with E-state index in [2.05, 4.69) is 30.4 Å². The molecule has 3 aromatic rings. The van der Waals surface area contributed by atoms with Gasteiger partial charge in [0.15, 0.2) is 0 Å². The Balaban J connectivity index is 1.86. The fraction of sp³-hybridized carbons (Fsp3) is 0.211. The van der Waals surface area contributed by atoms with Gasteiger partial charge in [-0.15, -0.1) is 0 Å². The SMILES string of the molecule is Cc1cccc(CNC(=O)c2c(C)c3ccccc3n2C)c1. The fourth-order valence-electron chi connectivity index (χ4n) is 2.99. The molecule has 1 amide bonds. The third-order valence-electron chi connectivity index (χ3n) is 4.11. The van der Waals surface area contributed by atoms with E-state index in [1.165, 1.54) is 5.56 Å². The van der Waals surface area contributed by atoms with E-state index < -0.39 is 0 Å². The molecule has 0 aliphatic heterocycles. The first-order valence-corrected chi connectivity index (χ1v) is 7.45. The zero-order chi connectivity index (χ0) is 15.7. The molecule has 0 spiro atoms. The lowest BCUT2D eigenvalue weighted by atomic mass is 10.1. The van der Waals surface area contributed by atoms with Crippen LogP contribution in [-0.2, 0) is 13.6 Å². The van der Waals surface area contributed by atoms with Crippen LogP contribution in [0.25, 0.3) is 10.9 Å². The molecule has 0 saturated carbocycles. The first kappa shape index (κ1) is 14.4. The van der Waals surface area contributed by atoms with Crippen molar-refractivity contribution < 1.29 is 4.79 Å². The molecule has 1 heterocycles. The summed E-state index contributed by atoms with van der Waals surface area (Å²) in [4.78, 5) is 12.6. The number of carbonyl (C=O) groups is 1. The first-order chi connectivity index (χ1) is 10.6. The zero-order valence-corrected chi connectivity index (χ0v) is 13.2. The van der Waals surface area contributed by atoms with E-state index in [1.54, 1.807) is 0 Å². The van der Waals surface area contributed by atoms with Crippen LogP contribution in [-0.4, -0.2) is 10.5 Å². The molecule has 0 aliphatic rings. The number of carbonyl (C=O) groups excluding carboxylic acids is 1. The van der Waals surface area contributed by atoms with Crippen molar-refractivity contribution in [1.82, 2.24) is 9.88 Å². The Morgan fingerprint density at radius 1 is 1.09 bits per heavy atom. The Bertz CT molecular complexity index is 807. The van der Waals surface area contributed by atoms with Crippen LogP contribution in [0.2, 0.25) is 0 Å². The molecule has 3 rings (SSSR count). The summed E-state index contributed by atoms with van der Waals surface area (Å²) in [5.41, 5.74) is 5.16. The fourth-order valence-corrected chi connectivity index (χ4v) is 2.99. The van der Waals surface area contributed by atoms with Crippen LogP contribution in [0, 0.1) is 13.8 Å². The van der Waals surface area contributed by atoms with Crippen LogP contribution in [0.3, 0.4) is 0 Å².